The van der Waals surface area contributed by atoms with Crippen LogP contribution in [-0.4, -0.2) is 27.3 Å². The molecule has 0 aliphatic carbocycles. The molecule has 1 atom stereocenters. The molecule has 0 amide bonds. The third-order valence-corrected chi connectivity index (χ3v) is 2.95. The van der Waals surface area contributed by atoms with Crippen molar-refractivity contribution in [3.8, 4) is 11.4 Å². The van der Waals surface area contributed by atoms with Crippen LogP contribution in [0.4, 0.5) is 4.39 Å². The molecule has 1 aromatic heterocycles. The second kappa shape index (κ2) is 6.94. The highest BCUT2D eigenvalue weighted by molar-refractivity contribution is 5.73. The Hall–Kier alpha value is -2.28. The summed E-state index contributed by atoms with van der Waals surface area (Å²) in [6, 6.07) is 5.08. The molecule has 1 aromatic carbocycles. The lowest BCUT2D eigenvalue weighted by Gasteiger charge is -2.11. The molecule has 0 bridgehead atoms. The number of benzene rings is 1. The van der Waals surface area contributed by atoms with E-state index in [1.165, 1.54) is 12.1 Å². The minimum absolute atomic E-state index is 0.172. The summed E-state index contributed by atoms with van der Waals surface area (Å²) < 4.78 is 17.9. The average molecular weight is 293 g/mol. The number of nitrogens with zero attached hydrogens (tertiary/aromatic N) is 2. The third kappa shape index (κ3) is 4.09. The predicted molar refractivity (Wildman–Crippen MR) is 72.9 cm³/mol. The molecule has 0 aliphatic heterocycles. The Labute approximate surface area is 121 Å². The number of carbonyl (C=O) groups is 1. The van der Waals surface area contributed by atoms with Gasteiger partial charge in [-0.1, -0.05) is 18.5 Å². The molecule has 2 rings (SSSR count). The van der Waals surface area contributed by atoms with E-state index in [0.29, 0.717) is 17.8 Å². The Bertz CT molecular complexity index is 598. The molecule has 1 unspecified atom stereocenters. The highest BCUT2D eigenvalue weighted by Crippen LogP contribution is 2.16. The van der Waals surface area contributed by atoms with Gasteiger partial charge in [-0.05, 0) is 30.7 Å². The number of aromatic nitrogens is 2. The average Bonchev–Trinajstić information content (AvgIpc) is 2.92. The first-order valence-electron chi connectivity index (χ1n) is 6.65. The van der Waals surface area contributed by atoms with E-state index >= 15 is 0 Å². The van der Waals surface area contributed by atoms with Gasteiger partial charge in [-0.3, -0.25) is 10.1 Å². The fourth-order valence-corrected chi connectivity index (χ4v) is 1.85. The van der Waals surface area contributed by atoms with E-state index in [2.05, 4.69) is 15.5 Å². The number of aliphatic carboxylic acids is 1. The first kappa shape index (κ1) is 15.1. The summed E-state index contributed by atoms with van der Waals surface area (Å²) in [6.45, 7) is 2.09. The Morgan fingerprint density at radius 1 is 1.43 bits per heavy atom. The summed E-state index contributed by atoms with van der Waals surface area (Å²) >= 11 is 0. The normalized spacial score (nSPS) is 12.3. The molecule has 0 saturated carbocycles. The first-order chi connectivity index (χ1) is 10.1. The van der Waals surface area contributed by atoms with Crippen LogP contribution in [-0.2, 0) is 11.3 Å². The number of carboxylic acids is 1. The van der Waals surface area contributed by atoms with Gasteiger partial charge >= 0.3 is 5.97 Å². The first-order valence-corrected chi connectivity index (χ1v) is 6.65. The lowest BCUT2D eigenvalue weighted by Crippen LogP contribution is -2.36. The summed E-state index contributed by atoms with van der Waals surface area (Å²) in [4.78, 5) is 15.2. The smallest absolute Gasteiger partial charge is 0.320 e. The zero-order valence-corrected chi connectivity index (χ0v) is 11.5. The Balaban J connectivity index is 2.00. The van der Waals surface area contributed by atoms with Crippen LogP contribution in [0, 0.1) is 5.82 Å². The SMILES string of the molecule is CCCC(NCc1nc(-c2ccc(F)cc2)no1)C(=O)O. The molecule has 1 heterocycles. The van der Waals surface area contributed by atoms with Crippen molar-refractivity contribution in [1.29, 1.82) is 0 Å². The van der Waals surface area contributed by atoms with E-state index in [9.17, 15) is 9.18 Å². The summed E-state index contributed by atoms with van der Waals surface area (Å²) in [7, 11) is 0. The number of hydrogen-bond acceptors (Lipinski definition) is 5. The Kier molecular flexibility index (Phi) is 4.99. The third-order valence-electron chi connectivity index (χ3n) is 2.95. The Morgan fingerprint density at radius 2 is 2.14 bits per heavy atom. The fourth-order valence-electron chi connectivity index (χ4n) is 1.85. The van der Waals surface area contributed by atoms with E-state index in [-0.39, 0.29) is 18.3 Å². The topological polar surface area (TPSA) is 88.3 Å². The molecule has 2 aromatic rings. The van der Waals surface area contributed by atoms with Crippen molar-refractivity contribution in [2.45, 2.75) is 32.4 Å². The molecule has 112 valence electrons. The van der Waals surface area contributed by atoms with Crippen molar-refractivity contribution in [2.24, 2.45) is 0 Å². The number of rotatable bonds is 7. The van der Waals surface area contributed by atoms with Gasteiger partial charge in [0.15, 0.2) is 0 Å². The zero-order valence-electron chi connectivity index (χ0n) is 11.5. The van der Waals surface area contributed by atoms with Crippen molar-refractivity contribution < 1.29 is 18.8 Å². The maximum atomic E-state index is 12.8. The van der Waals surface area contributed by atoms with Gasteiger partial charge in [0.2, 0.25) is 11.7 Å². The summed E-state index contributed by atoms with van der Waals surface area (Å²) in [5.74, 6) is -0.617. The summed E-state index contributed by atoms with van der Waals surface area (Å²) in [5.41, 5.74) is 0.634. The van der Waals surface area contributed by atoms with Crippen molar-refractivity contribution in [3.05, 3.63) is 36.0 Å². The van der Waals surface area contributed by atoms with Gasteiger partial charge in [0, 0.05) is 5.56 Å². The van der Waals surface area contributed by atoms with Crippen LogP contribution in [0.15, 0.2) is 28.8 Å². The van der Waals surface area contributed by atoms with E-state index in [0.717, 1.165) is 6.42 Å². The standard InChI is InChI=1S/C14H16FN3O3/c1-2-3-11(14(19)20)16-8-12-17-13(18-21-12)9-4-6-10(15)7-5-9/h4-7,11,16H,2-3,8H2,1H3,(H,19,20). The van der Waals surface area contributed by atoms with E-state index in [1.54, 1.807) is 12.1 Å². The van der Waals surface area contributed by atoms with Gasteiger partial charge in [-0.25, -0.2) is 4.39 Å². The molecular formula is C14H16FN3O3. The number of carboxylic acid groups (broad SMARTS) is 1. The lowest BCUT2D eigenvalue weighted by molar-refractivity contribution is -0.139. The number of hydrogen-bond donors (Lipinski definition) is 2. The van der Waals surface area contributed by atoms with Gasteiger partial charge < -0.3 is 9.63 Å². The number of halogens is 1. The van der Waals surface area contributed by atoms with Crippen molar-refractivity contribution >= 4 is 5.97 Å². The van der Waals surface area contributed by atoms with Crippen LogP contribution in [0.1, 0.15) is 25.7 Å². The van der Waals surface area contributed by atoms with Crippen molar-refractivity contribution in [3.63, 3.8) is 0 Å². The quantitative estimate of drug-likeness (QED) is 0.813. The second-order valence-electron chi connectivity index (χ2n) is 4.58. The number of nitrogens with one attached hydrogen (secondary N) is 1. The molecule has 6 nitrogen and oxygen atoms in total. The van der Waals surface area contributed by atoms with Gasteiger partial charge in [0.05, 0.1) is 6.54 Å². The molecule has 7 heteroatoms. The molecule has 0 spiro atoms. The monoisotopic (exact) mass is 293 g/mol. The minimum atomic E-state index is -0.907. The van der Waals surface area contributed by atoms with Gasteiger partial charge in [-0.15, -0.1) is 0 Å². The van der Waals surface area contributed by atoms with Crippen molar-refractivity contribution in [2.75, 3.05) is 0 Å². The molecule has 0 fully saturated rings. The molecule has 0 aliphatic rings. The van der Waals surface area contributed by atoms with E-state index < -0.39 is 12.0 Å². The maximum Gasteiger partial charge on any atom is 0.320 e. The molecular weight excluding hydrogens is 277 g/mol. The Morgan fingerprint density at radius 3 is 2.76 bits per heavy atom. The summed E-state index contributed by atoms with van der Waals surface area (Å²) in [5, 5.41) is 15.7. The van der Waals surface area contributed by atoms with Crippen LogP contribution < -0.4 is 5.32 Å². The second-order valence-corrected chi connectivity index (χ2v) is 4.58. The van der Waals surface area contributed by atoms with Gasteiger partial charge in [0.1, 0.15) is 11.9 Å². The van der Waals surface area contributed by atoms with Crippen LogP contribution in [0.2, 0.25) is 0 Å². The molecule has 21 heavy (non-hydrogen) atoms. The van der Waals surface area contributed by atoms with Crippen molar-refractivity contribution in [1.82, 2.24) is 15.5 Å². The lowest BCUT2D eigenvalue weighted by atomic mass is 10.2. The maximum absolute atomic E-state index is 12.8. The van der Waals surface area contributed by atoms with E-state index in [1.807, 2.05) is 6.92 Å². The molecule has 2 N–H and O–H groups in total. The largest absolute Gasteiger partial charge is 0.480 e. The minimum Gasteiger partial charge on any atom is -0.480 e. The van der Waals surface area contributed by atoms with Crippen LogP contribution in [0.25, 0.3) is 11.4 Å². The summed E-state index contributed by atoms with van der Waals surface area (Å²) in [6.07, 6.45) is 1.28. The highest BCUT2D eigenvalue weighted by atomic mass is 19.1. The van der Waals surface area contributed by atoms with Crippen LogP contribution in [0.5, 0.6) is 0 Å². The molecule has 0 radical (unpaired) electrons. The fraction of sp³-hybridized carbons (Fsp3) is 0.357. The van der Waals surface area contributed by atoms with Gasteiger partial charge in [0.25, 0.3) is 0 Å². The van der Waals surface area contributed by atoms with Crippen LogP contribution >= 0.6 is 0 Å². The van der Waals surface area contributed by atoms with Gasteiger partial charge in [-0.2, -0.15) is 4.98 Å². The molecule has 0 saturated heterocycles. The van der Waals surface area contributed by atoms with Crippen LogP contribution in [0.3, 0.4) is 0 Å². The highest BCUT2D eigenvalue weighted by Gasteiger charge is 2.17. The zero-order chi connectivity index (χ0) is 15.2. The van der Waals surface area contributed by atoms with E-state index in [4.69, 9.17) is 9.63 Å². The predicted octanol–water partition coefficient (Wildman–Crippen LogP) is 2.22.